The average molecular weight is 222 g/mol. The van der Waals surface area contributed by atoms with Crippen molar-refractivity contribution < 1.29 is 4.79 Å². The Hall–Kier alpha value is -1.65. The van der Waals surface area contributed by atoms with Gasteiger partial charge in [0.1, 0.15) is 11.5 Å². The van der Waals surface area contributed by atoms with Gasteiger partial charge >= 0.3 is 0 Å². The van der Waals surface area contributed by atoms with Crippen LogP contribution in [0.4, 0.5) is 5.82 Å². The van der Waals surface area contributed by atoms with Crippen LogP contribution in [0.5, 0.6) is 0 Å². The van der Waals surface area contributed by atoms with Crippen molar-refractivity contribution in [1.82, 2.24) is 14.9 Å². The van der Waals surface area contributed by atoms with Gasteiger partial charge in [-0.15, -0.1) is 0 Å². The van der Waals surface area contributed by atoms with Gasteiger partial charge in [-0.3, -0.25) is 9.78 Å². The first kappa shape index (κ1) is 12.4. The fraction of sp³-hybridized carbons (Fsp3) is 0.545. The van der Waals surface area contributed by atoms with Crippen molar-refractivity contribution in [3.8, 4) is 0 Å². The Kier molecular flexibility index (Phi) is 4.69. The predicted octanol–water partition coefficient (Wildman–Crippen LogP) is 1.39. The monoisotopic (exact) mass is 222 g/mol. The van der Waals surface area contributed by atoms with Gasteiger partial charge in [0.25, 0.3) is 5.91 Å². The fourth-order valence-corrected chi connectivity index (χ4v) is 1.28. The zero-order valence-electron chi connectivity index (χ0n) is 10.0. The minimum absolute atomic E-state index is 0.0851. The van der Waals surface area contributed by atoms with Crippen LogP contribution in [0.1, 0.15) is 30.3 Å². The second kappa shape index (κ2) is 6.05. The molecule has 0 spiro atoms. The zero-order valence-corrected chi connectivity index (χ0v) is 10.0. The molecule has 1 heterocycles. The van der Waals surface area contributed by atoms with Gasteiger partial charge in [-0.05, 0) is 6.42 Å². The quantitative estimate of drug-likeness (QED) is 0.818. The fourth-order valence-electron chi connectivity index (χ4n) is 1.28. The van der Waals surface area contributed by atoms with Crippen molar-refractivity contribution in [2.24, 2.45) is 0 Å². The summed E-state index contributed by atoms with van der Waals surface area (Å²) in [6, 6.07) is 0. The van der Waals surface area contributed by atoms with Gasteiger partial charge in [-0.2, -0.15) is 0 Å². The highest BCUT2D eigenvalue weighted by Gasteiger charge is 2.13. The number of hydrogen-bond donors (Lipinski definition) is 1. The number of nitrogens with one attached hydrogen (secondary N) is 1. The molecule has 1 N–H and O–H groups in total. The molecule has 1 aromatic rings. The maximum Gasteiger partial charge on any atom is 0.273 e. The van der Waals surface area contributed by atoms with Crippen molar-refractivity contribution in [3.63, 3.8) is 0 Å². The molecule has 0 bridgehead atoms. The zero-order chi connectivity index (χ0) is 12.0. The Morgan fingerprint density at radius 2 is 2.25 bits per heavy atom. The topological polar surface area (TPSA) is 58.1 Å². The summed E-state index contributed by atoms with van der Waals surface area (Å²) in [5.41, 5.74) is 0.380. The van der Waals surface area contributed by atoms with E-state index in [1.807, 2.05) is 0 Å². The minimum Gasteiger partial charge on any atom is -0.372 e. The average Bonchev–Trinajstić information content (AvgIpc) is 2.35. The highest BCUT2D eigenvalue weighted by molar-refractivity contribution is 5.92. The molecule has 0 unspecified atom stereocenters. The summed E-state index contributed by atoms with van der Waals surface area (Å²) in [5.74, 6) is 0.521. The Labute approximate surface area is 95.9 Å². The lowest BCUT2D eigenvalue weighted by molar-refractivity contribution is 0.0787. The lowest BCUT2D eigenvalue weighted by atomic mass is 10.3. The molecule has 1 amide bonds. The highest BCUT2D eigenvalue weighted by atomic mass is 16.2. The summed E-state index contributed by atoms with van der Waals surface area (Å²) >= 11 is 0. The second-order valence-corrected chi connectivity index (χ2v) is 3.62. The molecule has 0 radical (unpaired) electrons. The molecule has 16 heavy (non-hydrogen) atoms. The number of anilines is 1. The van der Waals surface area contributed by atoms with Gasteiger partial charge in [0.15, 0.2) is 0 Å². The largest absolute Gasteiger partial charge is 0.372 e. The molecule has 5 nitrogen and oxygen atoms in total. The van der Waals surface area contributed by atoms with E-state index < -0.39 is 0 Å². The van der Waals surface area contributed by atoms with Crippen LogP contribution in [0.15, 0.2) is 12.4 Å². The van der Waals surface area contributed by atoms with Gasteiger partial charge in [0.2, 0.25) is 0 Å². The number of rotatable bonds is 5. The molecule has 0 aliphatic rings. The van der Waals surface area contributed by atoms with E-state index in [1.54, 1.807) is 25.2 Å². The molecule has 0 aliphatic carbocycles. The number of hydrogen-bond acceptors (Lipinski definition) is 4. The number of nitrogens with zero attached hydrogens (tertiary/aromatic N) is 3. The van der Waals surface area contributed by atoms with Crippen molar-refractivity contribution in [2.75, 3.05) is 26.0 Å². The third-order valence-electron chi connectivity index (χ3n) is 2.30. The van der Waals surface area contributed by atoms with Crippen LogP contribution in [0.2, 0.25) is 0 Å². The lowest BCUT2D eigenvalue weighted by Crippen LogP contribution is -2.28. The van der Waals surface area contributed by atoms with E-state index in [2.05, 4.69) is 22.2 Å². The number of carbonyl (C=O) groups excluding carboxylic acids is 1. The van der Waals surface area contributed by atoms with E-state index in [0.717, 1.165) is 19.4 Å². The first-order chi connectivity index (χ1) is 7.69. The van der Waals surface area contributed by atoms with Gasteiger partial charge in [-0.1, -0.05) is 13.3 Å². The smallest absolute Gasteiger partial charge is 0.273 e. The molecule has 1 aromatic heterocycles. The summed E-state index contributed by atoms with van der Waals surface area (Å²) in [4.78, 5) is 21.7. The third kappa shape index (κ3) is 3.18. The van der Waals surface area contributed by atoms with E-state index >= 15 is 0 Å². The van der Waals surface area contributed by atoms with Gasteiger partial charge in [-0.25, -0.2) is 4.98 Å². The summed E-state index contributed by atoms with van der Waals surface area (Å²) in [7, 11) is 3.53. The second-order valence-electron chi connectivity index (χ2n) is 3.62. The molecule has 0 fully saturated rings. The molecular weight excluding hydrogens is 204 g/mol. The number of amides is 1. The first-order valence-electron chi connectivity index (χ1n) is 5.44. The van der Waals surface area contributed by atoms with Crippen LogP contribution in [-0.2, 0) is 0 Å². The maximum atomic E-state index is 11.9. The molecule has 88 valence electrons. The number of aromatic nitrogens is 2. The molecule has 1 rings (SSSR count). The van der Waals surface area contributed by atoms with E-state index in [4.69, 9.17) is 0 Å². The Morgan fingerprint density at radius 1 is 1.50 bits per heavy atom. The summed E-state index contributed by atoms with van der Waals surface area (Å²) in [6.45, 7) is 2.85. The first-order valence-corrected chi connectivity index (χ1v) is 5.44. The maximum absolute atomic E-state index is 11.9. The Bertz CT molecular complexity index is 354. The van der Waals surface area contributed by atoms with E-state index in [0.29, 0.717) is 11.5 Å². The van der Waals surface area contributed by atoms with E-state index in [1.165, 1.54) is 6.20 Å². The lowest BCUT2D eigenvalue weighted by Gasteiger charge is -2.16. The van der Waals surface area contributed by atoms with Crippen LogP contribution >= 0.6 is 0 Å². The number of carbonyl (C=O) groups is 1. The SMILES string of the molecule is CCCCN(C)C(=O)c1cncc(NC)n1. The summed E-state index contributed by atoms with van der Waals surface area (Å²) in [6.07, 6.45) is 5.15. The normalized spacial score (nSPS) is 9.94. The molecule has 0 saturated heterocycles. The van der Waals surface area contributed by atoms with E-state index in [9.17, 15) is 4.79 Å². The summed E-state index contributed by atoms with van der Waals surface area (Å²) < 4.78 is 0. The predicted molar refractivity (Wildman–Crippen MR) is 63.4 cm³/mol. The molecule has 0 saturated carbocycles. The third-order valence-corrected chi connectivity index (χ3v) is 2.30. The standard InChI is InChI=1S/C11H18N4O/c1-4-5-6-15(3)11(16)9-7-13-8-10(12-2)14-9/h7-8H,4-6H2,1-3H3,(H,12,14). The van der Waals surface area contributed by atoms with Crippen molar-refractivity contribution in [3.05, 3.63) is 18.1 Å². The van der Waals surface area contributed by atoms with Crippen molar-refractivity contribution >= 4 is 11.7 Å². The van der Waals surface area contributed by atoms with Gasteiger partial charge in [0, 0.05) is 20.6 Å². The Morgan fingerprint density at radius 3 is 2.88 bits per heavy atom. The van der Waals surface area contributed by atoms with E-state index in [-0.39, 0.29) is 5.91 Å². The van der Waals surface area contributed by atoms with Crippen LogP contribution in [0.3, 0.4) is 0 Å². The van der Waals surface area contributed by atoms with Gasteiger partial charge < -0.3 is 10.2 Å². The van der Waals surface area contributed by atoms with Crippen molar-refractivity contribution in [2.45, 2.75) is 19.8 Å². The number of unbranched alkanes of at least 4 members (excludes halogenated alkanes) is 1. The molecule has 0 aliphatic heterocycles. The van der Waals surface area contributed by atoms with Crippen molar-refractivity contribution in [1.29, 1.82) is 0 Å². The van der Waals surface area contributed by atoms with Crippen LogP contribution in [-0.4, -0.2) is 41.4 Å². The summed E-state index contributed by atoms with van der Waals surface area (Å²) in [5, 5.41) is 2.86. The van der Waals surface area contributed by atoms with Crippen LogP contribution in [0, 0.1) is 0 Å². The highest BCUT2D eigenvalue weighted by Crippen LogP contribution is 2.04. The molecule has 0 aromatic carbocycles. The minimum atomic E-state index is -0.0851. The molecule has 0 atom stereocenters. The molecule has 5 heteroatoms. The molecular formula is C11H18N4O. The van der Waals surface area contributed by atoms with Gasteiger partial charge in [0.05, 0.1) is 12.4 Å². The van der Waals surface area contributed by atoms with Crippen LogP contribution < -0.4 is 5.32 Å². The Balaban J connectivity index is 2.71. The van der Waals surface area contributed by atoms with Crippen LogP contribution in [0.25, 0.3) is 0 Å².